The Bertz CT molecular complexity index is 1080. The van der Waals surface area contributed by atoms with E-state index in [-0.39, 0.29) is 12.5 Å². The van der Waals surface area contributed by atoms with Crippen molar-refractivity contribution in [1.82, 2.24) is 10.2 Å². The van der Waals surface area contributed by atoms with Gasteiger partial charge in [-0.1, -0.05) is 68.5 Å². The molecule has 0 radical (unpaired) electrons. The maximum Gasteiger partial charge on any atom is 0.407 e. The molecule has 2 aromatic carbocycles. The van der Waals surface area contributed by atoms with Gasteiger partial charge in [0.2, 0.25) is 5.91 Å². The van der Waals surface area contributed by atoms with Crippen LogP contribution in [0.5, 0.6) is 0 Å². The number of ether oxygens (including phenoxy) is 1. The first-order valence-corrected chi connectivity index (χ1v) is 11.5. The third kappa shape index (κ3) is 4.30. The summed E-state index contributed by atoms with van der Waals surface area (Å²) < 4.78 is 5.58. The zero-order valence-corrected chi connectivity index (χ0v) is 19.5. The van der Waals surface area contributed by atoms with E-state index in [0.29, 0.717) is 19.4 Å². The zero-order valence-electron chi connectivity index (χ0n) is 19.5. The second kappa shape index (κ2) is 9.33. The molecule has 2 aliphatic rings. The van der Waals surface area contributed by atoms with Gasteiger partial charge in [0.05, 0.1) is 0 Å². The molecule has 2 amide bonds. The van der Waals surface area contributed by atoms with Crippen LogP contribution in [-0.2, 0) is 14.3 Å². The minimum atomic E-state index is -1.05. The molecule has 0 saturated carbocycles. The number of aliphatic carboxylic acids is 1. The first kappa shape index (κ1) is 23.5. The molecule has 34 heavy (non-hydrogen) atoms. The molecule has 1 heterocycles. The molecule has 178 valence electrons. The van der Waals surface area contributed by atoms with Crippen LogP contribution in [0, 0.1) is 5.41 Å². The van der Waals surface area contributed by atoms with Crippen molar-refractivity contribution in [2.45, 2.75) is 44.7 Å². The molecule has 1 fully saturated rings. The number of amides is 2. The van der Waals surface area contributed by atoms with Crippen molar-refractivity contribution in [3.8, 4) is 11.1 Å². The van der Waals surface area contributed by atoms with Crippen LogP contribution < -0.4 is 5.32 Å². The quantitative estimate of drug-likeness (QED) is 0.574. The number of allylic oxidation sites excluding steroid dienone is 1. The molecule has 4 rings (SSSR count). The Balaban J connectivity index is 1.44. The summed E-state index contributed by atoms with van der Waals surface area (Å²) in [6.07, 6.45) is 1.77. The van der Waals surface area contributed by atoms with Crippen molar-refractivity contribution in [1.29, 1.82) is 0 Å². The number of alkyl carbamates (subject to hydrolysis) is 1. The molecule has 0 aromatic heterocycles. The number of carbonyl (C=O) groups excluding carboxylic acids is 2. The van der Waals surface area contributed by atoms with E-state index in [2.05, 4.69) is 24.0 Å². The molecule has 2 atom stereocenters. The topological polar surface area (TPSA) is 95.9 Å². The highest BCUT2D eigenvalue weighted by Crippen LogP contribution is 2.44. The summed E-state index contributed by atoms with van der Waals surface area (Å²) in [5, 5.41) is 12.2. The van der Waals surface area contributed by atoms with Crippen LogP contribution >= 0.6 is 0 Å². The fourth-order valence-electron chi connectivity index (χ4n) is 5.12. The van der Waals surface area contributed by atoms with Crippen molar-refractivity contribution in [2.24, 2.45) is 5.41 Å². The van der Waals surface area contributed by atoms with Gasteiger partial charge in [-0.05, 0) is 35.1 Å². The SMILES string of the molecule is C=CCCC(NC(=O)OCC1c2ccccc2-c2ccccc21)C(=O)N1CC(C)(C)C1C(=O)O. The smallest absolute Gasteiger partial charge is 0.407 e. The number of nitrogens with zero attached hydrogens (tertiary/aromatic N) is 1. The Morgan fingerprint density at radius 2 is 1.74 bits per heavy atom. The highest BCUT2D eigenvalue weighted by molar-refractivity contribution is 5.91. The lowest BCUT2D eigenvalue weighted by Crippen LogP contribution is -2.69. The summed E-state index contributed by atoms with van der Waals surface area (Å²) in [5.74, 6) is -1.55. The molecule has 1 aliphatic heterocycles. The second-order valence-corrected chi connectivity index (χ2v) is 9.58. The van der Waals surface area contributed by atoms with Crippen LogP contribution in [0.2, 0.25) is 0 Å². The van der Waals surface area contributed by atoms with E-state index in [4.69, 9.17) is 4.74 Å². The summed E-state index contributed by atoms with van der Waals surface area (Å²) in [4.78, 5) is 38.9. The lowest BCUT2D eigenvalue weighted by molar-refractivity contribution is -0.172. The Morgan fingerprint density at radius 3 is 2.26 bits per heavy atom. The minimum absolute atomic E-state index is 0.0898. The maximum atomic E-state index is 13.1. The van der Waals surface area contributed by atoms with Crippen LogP contribution in [0.4, 0.5) is 4.79 Å². The van der Waals surface area contributed by atoms with E-state index in [0.717, 1.165) is 22.3 Å². The summed E-state index contributed by atoms with van der Waals surface area (Å²) in [6, 6.07) is 14.3. The molecule has 0 bridgehead atoms. The number of hydrogen-bond donors (Lipinski definition) is 2. The van der Waals surface area contributed by atoms with Gasteiger partial charge >= 0.3 is 12.1 Å². The standard InChI is InChI=1S/C27H30N2O5/c1-4-5-14-22(24(30)29-16-27(2,3)23(29)25(31)32)28-26(33)34-15-21-19-12-8-6-10-17(19)18-11-7-9-13-20(18)21/h4,6-13,21-23H,1,5,14-16H2,2-3H3,(H,28,33)(H,31,32). The van der Waals surface area contributed by atoms with Gasteiger partial charge < -0.3 is 20.1 Å². The maximum absolute atomic E-state index is 13.1. The van der Waals surface area contributed by atoms with Crippen LogP contribution in [-0.4, -0.2) is 53.2 Å². The predicted molar refractivity (Wildman–Crippen MR) is 128 cm³/mol. The predicted octanol–water partition coefficient (Wildman–Crippen LogP) is 4.18. The lowest BCUT2D eigenvalue weighted by atomic mass is 9.74. The van der Waals surface area contributed by atoms with Gasteiger partial charge in [-0.3, -0.25) is 4.79 Å². The first-order chi connectivity index (χ1) is 16.2. The van der Waals surface area contributed by atoms with Crippen LogP contribution in [0.1, 0.15) is 43.7 Å². The average molecular weight is 463 g/mol. The largest absolute Gasteiger partial charge is 0.480 e. The third-order valence-corrected chi connectivity index (χ3v) is 6.74. The van der Waals surface area contributed by atoms with E-state index in [9.17, 15) is 19.5 Å². The molecular weight excluding hydrogens is 432 g/mol. The Hall–Kier alpha value is -3.61. The number of hydrogen-bond acceptors (Lipinski definition) is 4. The third-order valence-electron chi connectivity index (χ3n) is 6.74. The van der Waals surface area contributed by atoms with E-state index in [1.807, 2.05) is 50.2 Å². The highest BCUT2D eigenvalue weighted by Gasteiger charge is 2.53. The Morgan fingerprint density at radius 1 is 1.15 bits per heavy atom. The summed E-state index contributed by atoms with van der Waals surface area (Å²) in [7, 11) is 0. The van der Waals surface area contributed by atoms with Crippen molar-refractivity contribution >= 4 is 18.0 Å². The van der Waals surface area contributed by atoms with Gasteiger partial charge in [0.25, 0.3) is 0 Å². The normalized spacial score (nSPS) is 18.8. The van der Waals surface area contributed by atoms with Gasteiger partial charge in [0.1, 0.15) is 18.7 Å². The number of likely N-dealkylation sites (tertiary alicyclic amines) is 1. The molecule has 1 aliphatic carbocycles. The molecule has 7 nitrogen and oxygen atoms in total. The van der Waals surface area contributed by atoms with Gasteiger partial charge in [0, 0.05) is 17.9 Å². The number of rotatable bonds is 8. The van der Waals surface area contributed by atoms with E-state index in [1.165, 1.54) is 4.90 Å². The highest BCUT2D eigenvalue weighted by atomic mass is 16.5. The molecule has 0 spiro atoms. The number of carboxylic acid groups (broad SMARTS) is 1. The van der Waals surface area contributed by atoms with Crippen molar-refractivity contribution in [3.05, 3.63) is 72.3 Å². The molecule has 1 saturated heterocycles. The Labute approximate surface area is 199 Å². The number of carbonyl (C=O) groups is 3. The van der Waals surface area contributed by atoms with Gasteiger partial charge in [-0.15, -0.1) is 6.58 Å². The van der Waals surface area contributed by atoms with Crippen LogP contribution in [0.15, 0.2) is 61.2 Å². The minimum Gasteiger partial charge on any atom is -0.480 e. The zero-order chi connectivity index (χ0) is 24.5. The summed E-state index contributed by atoms with van der Waals surface area (Å²) in [6.45, 7) is 7.77. The fraction of sp³-hybridized carbons (Fsp3) is 0.370. The number of fused-ring (bicyclic) bond motifs is 3. The first-order valence-electron chi connectivity index (χ1n) is 11.5. The molecular formula is C27H30N2O5. The molecule has 2 N–H and O–H groups in total. The Kier molecular flexibility index (Phi) is 6.46. The second-order valence-electron chi connectivity index (χ2n) is 9.58. The van der Waals surface area contributed by atoms with Crippen molar-refractivity contribution in [3.63, 3.8) is 0 Å². The van der Waals surface area contributed by atoms with Crippen molar-refractivity contribution in [2.75, 3.05) is 13.2 Å². The summed E-state index contributed by atoms with van der Waals surface area (Å²) >= 11 is 0. The van der Waals surface area contributed by atoms with E-state index >= 15 is 0 Å². The van der Waals surface area contributed by atoms with E-state index < -0.39 is 35.5 Å². The molecule has 2 unspecified atom stereocenters. The van der Waals surface area contributed by atoms with Crippen LogP contribution in [0.3, 0.4) is 0 Å². The number of benzene rings is 2. The van der Waals surface area contributed by atoms with Gasteiger partial charge in [-0.25, -0.2) is 9.59 Å². The van der Waals surface area contributed by atoms with Crippen molar-refractivity contribution < 1.29 is 24.2 Å². The monoisotopic (exact) mass is 462 g/mol. The summed E-state index contributed by atoms with van der Waals surface area (Å²) in [5.41, 5.74) is 3.94. The molecule has 2 aromatic rings. The number of nitrogens with one attached hydrogen (secondary N) is 1. The lowest BCUT2D eigenvalue weighted by Gasteiger charge is -2.52. The average Bonchev–Trinajstić information content (AvgIpc) is 3.12. The van der Waals surface area contributed by atoms with Gasteiger partial charge in [0.15, 0.2) is 0 Å². The van der Waals surface area contributed by atoms with E-state index in [1.54, 1.807) is 6.08 Å². The molecule has 7 heteroatoms. The number of carboxylic acids is 1. The van der Waals surface area contributed by atoms with Crippen LogP contribution in [0.25, 0.3) is 11.1 Å². The fourth-order valence-corrected chi connectivity index (χ4v) is 5.12. The van der Waals surface area contributed by atoms with Gasteiger partial charge in [-0.2, -0.15) is 0 Å².